The highest BCUT2D eigenvalue weighted by Crippen LogP contribution is 2.37. The van der Waals surface area contributed by atoms with Gasteiger partial charge in [0.05, 0.1) is 6.10 Å². The largest absolute Gasteiger partial charge is 0.392 e. The van der Waals surface area contributed by atoms with E-state index in [4.69, 9.17) is 0 Å². The van der Waals surface area contributed by atoms with Crippen molar-refractivity contribution in [1.82, 2.24) is 0 Å². The zero-order chi connectivity index (χ0) is 11.5. The summed E-state index contributed by atoms with van der Waals surface area (Å²) in [7, 11) is 0. The van der Waals surface area contributed by atoms with Crippen LogP contribution in [0.3, 0.4) is 0 Å². The first-order valence-corrected chi connectivity index (χ1v) is 7.72. The predicted octanol–water partition coefficient (Wildman–Crippen LogP) is 3.32. The summed E-state index contributed by atoms with van der Waals surface area (Å²) < 4.78 is 0. The molecule has 2 fully saturated rings. The third-order valence-corrected chi connectivity index (χ3v) is 5.49. The molecule has 3 heteroatoms. The number of thiol groups is 2. The minimum atomic E-state index is -0.164. The Balaban J connectivity index is 1.73. The van der Waals surface area contributed by atoms with Gasteiger partial charge in [-0.1, -0.05) is 0 Å². The Morgan fingerprint density at radius 3 is 2.12 bits per heavy atom. The number of aliphatic hydroxyl groups is 1. The second-order valence-electron chi connectivity index (χ2n) is 5.72. The lowest BCUT2D eigenvalue weighted by molar-refractivity contribution is 0.0957. The third kappa shape index (κ3) is 3.58. The quantitative estimate of drug-likeness (QED) is 0.651. The van der Waals surface area contributed by atoms with Gasteiger partial charge in [-0.05, 0) is 63.2 Å². The molecule has 0 aromatic carbocycles. The van der Waals surface area contributed by atoms with Crippen molar-refractivity contribution in [3.05, 3.63) is 0 Å². The topological polar surface area (TPSA) is 20.2 Å². The first kappa shape index (κ1) is 13.1. The molecule has 1 nitrogen and oxygen atoms in total. The summed E-state index contributed by atoms with van der Waals surface area (Å²) in [5, 5.41) is 10.7. The minimum absolute atomic E-state index is 0.164. The van der Waals surface area contributed by atoms with Crippen LogP contribution in [0.15, 0.2) is 0 Å². The smallest absolute Gasteiger partial charge is 0.0658 e. The molecule has 2 aliphatic carbocycles. The molecule has 0 bridgehead atoms. The Bertz CT molecular complexity index is 214. The predicted molar refractivity (Wildman–Crippen MR) is 75.5 cm³/mol. The molecule has 3 atom stereocenters. The van der Waals surface area contributed by atoms with Gasteiger partial charge in [-0.2, -0.15) is 25.3 Å². The molecule has 2 aliphatic rings. The van der Waals surface area contributed by atoms with Gasteiger partial charge in [0.25, 0.3) is 0 Å². The zero-order valence-corrected chi connectivity index (χ0v) is 11.7. The number of hydrogen-bond donors (Lipinski definition) is 3. The lowest BCUT2D eigenvalue weighted by atomic mass is 9.77. The van der Waals surface area contributed by atoms with Crippen LogP contribution in [0.5, 0.6) is 0 Å². The Hall–Kier alpha value is 0.660. The molecule has 0 aliphatic heterocycles. The molecular weight excluding hydrogens is 236 g/mol. The second-order valence-corrected chi connectivity index (χ2v) is 7.12. The Labute approximate surface area is 110 Å². The maximum Gasteiger partial charge on any atom is 0.0658 e. The Morgan fingerprint density at radius 2 is 1.50 bits per heavy atom. The maximum atomic E-state index is 9.83. The SMILES string of the molecule is OC1CC(CC2CCC(S)CC2)CCC1S. The summed E-state index contributed by atoms with van der Waals surface area (Å²) in [5.74, 6) is 1.65. The summed E-state index contributed by atoms with van der Waals surface area (Å²) in [6.07, 6.45) is 9.80. The van der Waals surface area contributed by atoms with Crippen molar-refractivity contribution < 1.29 is 5.11 Å². The molecule has 0 aromatic heterocycles. The third-order valence-electron chi connectivity index (χ3n) is 4.37. The van der Waals surface area contributed by atoms with E-state index in [0.29, 0.717) is 5.25 Å². The van der Waals surface area contributed by atoms with Crippen LogP contribution in [0, 0.1) is 11.8 Å². The van der Waals surface area contributed by atoms with Crippen molar-refractivity contribution >= 4 is 25.3 Å². The molecule has 0 heterocycles. The minimum Gasteiger partial charge on any atom is -0.392 e. The summed E-state index contributed by atoms with van der Waals surface area (Å²) in [5.41, 5.74) is 0. The number of aliphatic hydroxyl groups excluding tert-OH is 1. The lowest BCUT2D eigenvalue weighted by Gasteiger charge is -2.34. The molecule has 2 rings (SSSR count). The van der Waals surface area contributed by atoms with Crippen molar-refractivity contribution in [3.8, 4) is 0 Å². The van der Waals surface area contributed by atoms with Gasteiger partial charge in [-0.15, -0.1) is 0 Å². The number of rotatable bonds is 2. The van der Waals surface area contributed by atoms with Gasteiger partial charge in [-0.25, -0.2) is 0 Å². The summed E-state index contributed by atoms with van der Waals surface area (Å²) in [6, 6.07) is 0. The van der Waals surface area contributed by atoms with Crippen LogP contribution in [0.4, 0.5) is 0 Å². The molecule has 2 saturated carbocycles. The Kier molecular flexibility index (Phi) is 4.92. The van der Waals surface area contributed by atoms with E-state index < -0.39 is 0 Å². The fraction of sp³-hybridized carbons (Fsp3) is 1.00. The Morgan fingerprint density at radius 1 is 0.875 bits per heavy atom. The van der Waals surface area contributed by atoms with E-state index in [9.17, 15) is 5.11 Å². The molecule has 3 unspecified atom stereocenters. The first-order chi connectivity index (χ1) is 7.65. The highest BCUT2D eigenvalue weighted by Gasteiger charge is 2.29. The van der Waals surface area contributed by atoms with Gasteiger partial charge >= 0.3 is 0 Å². The van der Waals surface area contributed by atoms with Crippen molar-refractivity contribution in [2.75, 3.05) is 0 Å². The van der Waals surface area contributed by atoms with Crippen LogP contribution in [0.2, 0.25) is 0 Å². The van der Waals surface area contributed by atoms with E-state index in [-0.39, 0.29) is 11.4 Å². The van der Waals surface area contributed by atoms with Gasteiger partial charge in [0.2, 0.25) is 0 Å². The van der Waals surface area contributed by atoms with Gasteiger partial charge in [0, 0.05) is 10.5 Å². The fourth-order valence-corrected chi connectivity index (χ4v) is 3.85. The summed E-state index contributed by atoms with van der Waals surface area (Å²) >= 11 is 8.96. The van der Waals surface area contributed by atoms with Gasteiger partial charge in [-0.3, -0.25) is 0 Å². The monoisotopic (exact) mass is 260 g/mol. The first-order valence-electron chi connectivity index (χ1n) is 6.69. The van der Waals surface area contributed by atoms with E-state index >= 15 is 0 Å². The van der Waals surface area contributed by atoms with Crippen molar-refractivity contribution in [2.24, 2.45) is 11.8 Å². The van der Waals surface area contributed by atoms with Crippen LogP contribution in [-0.4, -0.2) is 21.7 Å². The summed E-state index contributed by atoms with van der Waals surface area (Å²) in [6.45, 7) is 0. The lowest BCUT2D eigenvalue weighted by Crippen LogP contribution is -2.31. The van der Waals surface area contributed by atoms with Crippen LogP contribution in [0.1, 0.15) is 51.4 Å². The molecule has 0 amide bonds. The second kappa shape index (κ2) is 6.01. The van der Waals surface area contributed by atoms with E-state index in [2.05, 4.69) is 25.3 Å². The molecule has 16 heavy (non-hydrogen) atoms. The van der Waals surface area contributed by atoms with Crippen LogP contribution in [0.25, 0.3) is 0 Å². The molecule has 0 spiro atoms. The van der Waals surface area contributed by atoms with E-state index in [1.807, 2.05) is 0 Å². The molecular formula is C13H24OS2. The highest BCUT2D eigenvalue weighted by molar-refractivity contribution is 7.81. The van der Waals surface area contributed by atoms with E-state index in [0.717, 1.165) is 24.7 Å². The molecule has 0 saturated heterocycles. The molecule has 1 N–H and O–H groups in total. The van der Waals surface area contributed by atoms with Gasteiger partial charge in [0.1, 0.15) is 0 Å². The normalized spacial score (nSPS) is 45.6. The van der Waals surface area contributed by atoms with Gasteiger partial charge in [0.15, 0.2) is 0 Å². The van der Waals surface area contributed by atoms with Crippen molar-refractivity contribution in [1.29, 1.82) is 0 Å². The maximum absolute atomic E-state index is 9.83. The van der Waals surface area contributed by atoms with Crippen molar-refractivity contribution in [2.45, 2.75) is 68.0 Å². The van der Waals surface area contributed by atoms with Crippen LogP contribution >= 0.6 is 25.3 Å². The van der Waals surface area contributed by atoms with Crippen LogP contribution in [-0.2, 0) is 0 Å². The average Bonchev–Trinajstić information content (AvgIpc) is 2.27. The molecule has 94 valence electrons. The summed E-state index contributed by atoms with van der Waals surface area (Å²) in [4.78, 5) is 0. The average molecular weight is 260 g/mol. The van der Waals surface area contributed by atoms with Gasteiger partial charge < -0.3 is 5.11 Å². The number of hydrogen-bond acceptors (Lipinski definition) is 3. The fourth-order valence-electron chi connectivity index (χ4n) is 3.28. The highest BCUT2D eigenvalue weighted by atomic mass is 32.1. The van der Waals surface area contributed by atoms with E-state index in [1.165, 1.54) is 38.5 Å². The molecule has 0 radical (unpaired) electrons. The molecule has 0 aromatic rings. The standard InChI is InChI=1S/C13H24OS2/c14-12-8-10(3-6-13(12)16)7-9-1-4-11(15)5-2-9/h9-16H,1-8H2. The van der Waals surface area contributed by atoms with Crippen molar-refractivity contribution in [3.63, 3.8) is 0 Å². The zero-order valence-electron chi connectivity index (χ0n) is 9.89. The van der Waals surface area contributed by atoms with E-state index in [1.54, 1.807) is 0 Å². The van der Waals surface area contributed by atoms with Crippen LogP contribution < -0.4 is 0 Å².